The van der Waals surface area contributed by atoms with Gasteiger partial charge < -0.3 is 10.2 Å². The molecule has 0 spiro atoms. The van der Waals surface area contributed by atoms with Crippen molar-refractivity contribution in [2.45, 2.75) is 45.7 Å². The van der Waals surface area contributed by atoms with Crippen LogP contribution in [0.15, 0.2) is 36.4 Å². The third-order valence-electron chi connectivity index (χ3n) is 4.72. The van der Waals surface area contributed by atoms with Crippen molar-refractivity contribution < 1.29 is 9.59 Å². The molecule has 1 N–H and O–H groups in total. The van der Waals surface area contributed by atoms with Gasteiger partial charge in [-0.1, -0.05) is 71.9 Å². The number of hydrogen-bond donors (Lipinski definition) is 1. The fourth-order valence-electron chi connectivity index (χ4n) is 2.91. The topological polar surface area (TPSA) is 49.4 Å². The van der Waals surface area contributed by atoms with E-state index >= 15 is 0 Å². The van der Waals surface area contributed by atoms with Gasteiger partial charge in [-0.25, -0.2) is 0 Å². The monoisotopic (exact) mass is 488 g/mol. The second-order valence-electron chi connectivity index (χ2n) is 6.97. The summed E-state index contributed by atoms with van der Waals surface area (Å²) in [5.74, 6) is -0.490. The maximum atomic E-state index is 13.2. The predicted molar refractivity (Wildman–Crippen MR) is 125 cm³/mol. The van der Waals surface area contributed by atoms with Gasteiger partial charge in [0.05, 0.1) is 16.5 Å². The van der Waals surface area contributed by atoms with Crippen molar-refractivity contribution in [2.24, 2.45) is 0 Å². The highest BCUT2D eigenvalue weighted by Gasteiger charge is 2.27. The molecule has 0 radical (unpaired) electrons. The minimum Gasteiger partial charge on any atom is -0.354 e. The largest absolute Gasteiger partial charge is 0.354 e. The molecule has 1 atom stereocenters. The number of unbranched alkanes of at least 4 members (excludes halogenated alkanes) is 1. The SMILES string of the molecule is CCCCNC(=O)C(C)N(Cc1ccc(Cl)c(Cl)c1)C(=O)Cc1c(Cl)cccc1Cl. The zero-order valence-electron chi connectivity index (χ0n) is 16.9. The first-order valence-electron chi connectivity index (χ1n) is 9.68. The van der Waals surface area contributed by atoms with Crippen molar-refractivity contribution in [1.29, 1.82) is 0 Å². The number of carbonyl (C=O) groups is 2. The van der Waals surface area contributed by atoms with Crippen molar-refractivity contribution in [1.82, 2.24) is 10.2 Å². The first-order chi connectivity index (χ1) is 14.2. The lowest BCUT2D eigenvalue weighted by atomic mass is 10.1. The van der Waals surface area contributed by atoms with E-state index < -0.39 is 6.04 Å². The number of amides is 2. The molecule has 30 heavy (non-hydrogen) atoms. The maximum absolute atomic E-state index is 13.2. The fraction of sp³-hybridized carbons (Fsp3) is 0.364. The average Bonchev–Trinajstić information content (AvgIpc) is 2.71. The van der Waals surface area contributed by atoms with Crippen LogP contribution in [0.5, 0.6) is 0 Å². The average molecular weight is 490 g/mol. The van der Waals surface area contributed by atoms with Crippen molar-refractivity contribution in [3.8, 4) is 0 Å². The predicted octanol–water partition coefficient (Wildman–Crippen LogP) is 6.18. The molecule has 2 aromatic carbocycles. The zero-order valence-corrected chi connectivity index (χ0v) is 19.9. The quantitative estimate of drug-likeness (QED) is 0.427. The Balaban J connectivity index is 2.27. The van der Waals surface area contributed by atoms with Crippen LogP contribution in [0, 0.1) is 0 Å². The zero-order chi connectivity index (χ0) is 22.3. The molecule has 8 heteroatoms. The molecule has 0 heterocycles. The molecule has 162 valence electrons. The summed E-state index contributed by atoms with van der Waals surface area (Å²) >= 11 is 24.6. The van der Waals surface area contributed by atoms with Crippen LogP contribution >= 0.6 is 46.4 Å². The molecule has 0 aromatic heterocycles. The van der Waals surface area contributed by atoms with Gasteiger partial charge >= 0.3 is 0 Å². The van der Waals surface area contributed by atoms with Crippen LogP contribution in [0.2, 0.25) is 20.1 Å². The minimum atomic E-state index is -0.690. The highest BCUT2D eigenvalue weighted by Crippen LogP contribution is 2.27. The van der Waals surface area contributed by atoms with E-state index in [4.69, 9.17) is 46.4 Å². The van der Waals surface area contributed by atoms with Crippen LogP contribution in [0.4, 0.5) is 0 Å². The third kappa shape index (κ3) is 6.78. The summed E-state index contributed by atoms with van der Waals surface area (Å²) in [6, 6.07) is 9.52. The lowest BCUT2D eigenvalue weighted by Crippen LogP contribution is -2.48. The van der Waals surface area contributed by atoms with E-state index in [0.29, 0.717) is 32.2 Å². The number of rotatable bonds is 9. The van der Waals surface area contributed by atoms with Crippen molar-refractivity contribution in [3.05, 3.63) is 67.6 Å². The summed E-state index contributed by atoms with van der Waals surface area (Å²) in [4.78, 5) is 27.4. The second kappa shape index (κ2) is 11.8. The van der Waals surface area contributed by atoms with E-state index in [0.717, 1.165) is 18.4 Å². The van der Waals surface area contributed by atoms with E-state index in [9.17, 15) is 9.59 Å². The first-order valence-corrected chi connectivity index (χ1v) is 11.2. The van der Waals surface area contributed by atoms with Gasteiger partial charge in [0.15, 0.2) is 0 Å². The van der Waals surface area contributed by atoms with Crippen LogP contribution < -0.4 is 5.32 Å². The van der Waals surface area contributed by atoms with Crippen LogP contribution in [-0.2, 0) is 22.6 Å². The Morgan fingerprint density at radius 3 is 2.27 bits per heavy atom. The molecule has 2 aromatic rings. The molecular formula is C22H24Cl4N2O2. The van der Waals surface area contributed by atoms with Gasteiger partial charge in [-0.2, -0.15) is 0 Å². The molecule has 1 unspecified atom stereocenters. The molecule has 0 bridgehead atoms. The van der Waals surface area contributed by atoms with Crippen molar-refractivity contribution >= 4 is 58.2 Å². The molecule has 0 fully saturated rings. The molecule has 0 aliphatic heterocycles. The second-order valence-corrected chi connectivity index (χ2v) is 8.60. The van der Waals surface area contributed by atoms with Gasteiger partial charge in [-0.3, -0.25) is 9.59 Å². The van der Waals surface area contributed by atoms with Crippen LogP contribution in [0.3, 0.4) is 0 Å². The number of benzene rings is 2. The van der Waals surface area contributed by atoms with Crippen LogP contribution in [0.1, 0.15) is 37.8 Å². The van der Waals surface area contributed by atoms with E-state index in [-0.39, 0.29) is 24.8 Å². The Labute approximate surface area is 197 Å². The molecule has 0 aliphatic rings. The summed E-state index contributed by atoms with van der Waals surface area (Å²) in [5, 5.41) is 4.50. The number of halogens is 4. The lowest BCUT2D eigenvalue weighted by Gasteiger charge is -2.29. The molecule has 2 amide bonds. The number of nitrogens with zero attached hydrogens (tertiary/aromatic N) is 1. The Kier molecular flexibility index (Phi) is 9.76. The number of nitrogens with one attached hydrogen (secondary N) is 1. The first kappa shape index (κ1) is 24.8. The van der Waals surface area contributed by atoms with Gasteiger partial charge in [-0.15, -0.1) is 0 Å². The minimum absolute atomic E-state index is 0.0214. The van der Waals surface area contributed by atoms with Crippen molar-refractivity contribution in [3.63, 3.8) is 0 Å². The summed E-state index contributed by atoms with van der Waals surface area (Å²) in [6.45, 7) is 4.50. The van der Waals surface area contributed by atoms with E-state index in [1.807, 2.05) is 6.92 Å². The lowest BCUT2D eigenvalue weighted by molar-refractivity contribution is -0.140. The van der Waals surface area contributed by atoms with Gasteiger partial charge in [-0.05, 0) is 48.7 Å². The highest BCUT2D eigenvalue weighted by atomic mass is 35.5. The Morgan fingerprint density at radius 1 is 1.00 bits per heavy atom. The van der Waals surface area contributed by atoms with Crippen molar-refractivity contribution in [2.75, 3.05) is 6.54 Å². The van der Waals surface area contributed by atoms with Gasteiger partial charge in [0.2, 0.25) is 11.8 Å². The summed E-state index contributed by atoms with van der Waals surface area (Å²) in [6.07, 6.45) is 1.81. The highest BCUT2D eigenvalue weighted by molar-refractivity contribution is 6.42. The smallest absolute Gasteiger partial charge is 0.242 e. The van der Waals surface area contributed by atoms with E-state index in [2.05, 4.69) is 5.32 Å². The maximum Gasteiger partial charge on any atom is 0.242 e. The summed E-state index contributed by atoms with van der Waals surface area (Å²) in [5.41, 5.74) is 1.29. The third-order valence-corrected chi connectivity index (χ3v) is 6.17. The molecular weight excluding hydrogens is 466 g/mol. The van der Waals surface area contributed by atoms with Gasteiger partial charge in [0.25, 0.3) is 0 Å². The molecule has 2 rings (SSSR count). The molecule has 0 saturated heterocycles. The Morgan fingerprint density at radius 2 is 1.67 bits per heavy atom. The summed E-state index contributed by atoms with van der Waals surface area (Å²) < 4.78 is 0. The number of carbonyl (C=O) groups excluding carboxylic acids is 2. The van der Waals surface area contributed by atoms with E-state index in [1.54, 1.807) is 43.3 Å². The van der Waals surface area contributed by atoms with Gasteiger partial charge in [0.1, 0.15) is 6.04 Å². The normalized spacial score (nSPS) is 11.8. The fourth-order valence-corrected chi connectivity index (χ4v) is 3.76. The molecule has 0 saturated carbocycles. The summed E-state index contributed by atoms with van der Waals surface area (Å²) in [7, 11) is 0. The van der Waals surface area contributed by atoms with Crippen LogP contribution in [-0.4, -0.2) is 29.3 Å². The van der Waals surface area contributed by atoms with Gasteiger partial charge in [0, 0.05) is 23.1 Å². The molecule has 0 aliphatic carbocycles. The Hall–Kier alpha value is -1.46. The number of hydrogen-bond acceptors (Lipinski definition) is 2. The molecule has 4 nitrogen and oxygen atoms in total. The van der Waals surface area contributed by atoms with Crippen LogP contribution in [0.25, 0.3) is 0 Å². The standard InChI is InChI=1S/C22H24Cl4N2O2/c1-3-4-10-27-22(30)14(2)28(13-15-8-9-19(25)20(26)11-15)21(29)12-16-17(23)6-5-7-18(16)24/h5-9,11,14H,3-4,10,12-13H2,1-2H3,(H,27,30). The Bertz CT molecular complexity index is 884. The van der Waals surface area contributed by atoms with E-state index in [1.165, 1.54) is 4.90 Å².